The first kappa shape index (κ1) is 13.3. The van der Waals surface area contributed by atoms with E-state index in [2.05, 4.69) is 18.9 Å². The Morgan fingerprint density at radius 3 is 2.47 bits per heavy atom. The van der Waals surface area contributed by atoms with E-state index in [1.54, 1.807) is 4.68 Å². The van der Waals surface area contributed by atoms with Crippen LogP contribution >= 0.6 is 0 Å². The van der Waals surface area contributed by atoms with Crippen molar-refractivity contribution in [1.82, 2.24) is 9.78 Å². The van der Waals surface area contributed by atoms with Crippen molar-refractivity contribution in [3.05, 3.63) is 35.4 Å². The smallest absolute Gasteiger partial charge is 0.156 e. The maximum Gasteiger partial charge on any atom is 0.156 e. The fourth-order valence-corrected chi connectivity index (χ4v) is 2.01. The van der Waals surface area contributed by atoms with Gasteiger partial charge in [0.1, 0.15) is 11.5 Å². The number of aldehydes is 1. The zero-order valence-electron chi connectivity index (χ0n) is 11.6. The first-order valence-electron chi connectivity index (χ1n) is 6.41. The minimum atomic E-state index is 0.424. The lowest BCUT2D eigenvalue weighted by molar-refractivity contribution is 0.112. The Kier molecular flexibility index (Phi) is 3.69. The number of rotatable bonds is 4. The third-order valence-electron chi connectivity index (χ3n) is 3.01. The average Bonchev–Trinajstić information content (AvgIpc) is 2.66. The number of hydrogen-bond donors (Lipinski definition) is 1. The van der Waals surface area contributed by atoms with Crippen molar-refractivity contribution < 1.29 is 4.79 Å². The van der Waals surface area contributed by atoms with Gasteiger partial charge in [-0.3, -0.25) is 4.79 Å². The van der Waals surface area contributed by atoms with Crippen molar-refractivity contribution in [3.63, 3.8) is 0 Å². The third kappa shape index (κ3) is 2.67. The molecule has 0 atom stereocenters. The molecule has 0 saturated heterocycles. The second-order valence-corrected chi connectivity index (χ2v) is 5.21. The Morgan fingerprint density at radius 1 is 1.32 bits per heavy atom. The second kappa shape index (κ2) is 5.26. The molecular weight excluding hydrogens is 238 g/mol. The average molecular weight is 257 g/mol. The number of nitrogens with zero attached hydrogens (tertiary/aromatic N) is 2. The summed E-state index contributed by atoms with van der Waals surface area (Å²) in [5.41, 5.74) is 9.23. The topological polar surface area (TPSA) is 60.9 Å². The quantitative estimate of drug-likeness (QED) is 0.857. The molecule has 0 fully saturated rings. The molecule has 2 rings (SSSR count). The molecule has 0 spiro atoms. The van der Waals surface area contributed by atoms with E-state index in [0.29, 0.717) is 29.5 Å². The van der Waals surface area contributed by atoms with Gasteiger partial charge in [-0.15, -0.1) is 0 Å². The van der Waals surface area contributed by atoms with Crippen LogP contribution in [0.15, 0.2) is 24.3 Å². The summed E-state index contributed by atoms with van der Waals surface area (Å²) < 4.78 is 1.71. The van der Waals surface area contributed by atoms with Crippen molar-refractivity contribution in [1.29, 1.82) is 0 Å². The van der Waals surface area contributed by atoms with E-state index in [9.17, 15) is 4.79 Å². The standard InChI is InChI=1S/C15H19N3O/c1-10(2)8-18-15(16)13(9-19)14(17-18)12-6-4-11(3)5-7-12/h4-7,9-10H,8,16H2,1-3H3. The van der Waals surface area contributed by atoms with Gasteiger partial charge < -0.3 is 5.73 Å². The lowest BCUT2D eigenvalue weighted by Gasteiger charge is -2.06. The van der Waals surface area contributed by atoms with E-state index in [1.807, 2.05) is 31.2 Å². The number of aryl methyl sites for hydroxylation is 1. The molecule has 19 heavy (non-hydrogen) atoms. The molecule has 0 radical (unpaired) electrons. The highest BCUT2D eigenvalue weighted by molar-refractivity contribution is 5.91. The molecule has 2 N–H and O–H groups in total. The molecule has 0 aliphatic rings. The van der Waals surface area contributed by atoms with E-state index in [1.165, 1.54) is 5.56 Å². The van der Waals surface area contributed by atoms with Gasteiger partial charge in [0.2, 0.25) is 0 Å². The highest BCUT2D eigenvalue weighted by Crippen LogP contribution is 2.26. The number of nitrogens with two attached hydrogens (primary N) is 1. The number of anilines is 1. The maximum absolute atomic E-state index is 11.3. The van der Waals surface area contributed by atoms with Gasteiger partial charge in [0.25, 0.3) is 0 Å². The zero-order chi connectivity index (χ0) is 14.0. The van der Waals surface area contributed by atoms with Gasteiger partial charge in [0.05, 0.1) is 5.56 Å². The zero-order valence-corrected chi connectivity index (χ0v) is 11.6. The molecule has 0 aliphatic heterocycles. The second-order valence-electron chi connectivity index (χ2n) is 5.21. The lowest BCUT2D eigenvalue weighted by atomic mass is 10.1. The van der Waals surface area contributed by atoms with E-state index < -0.39 is 0 Å². The molecule has 0 amide bonds. The Morgan fingerprint density at radius 2 is 1.95 bits per heavy atom. The Bertz CT molecular complexity index is 582. The molecule has 0 bridgehead atoms. The van der Waals surface area contributed by atoms with Crippen LogP contribution in [0.2, 0.25) is 0 Å². The maximum atomic E-state index is 11.3. The van der Waals surface area contributed by atoms with Gasteiger partial charge in [-0.1, -0.05) is 43.7 Å². The Balaban J connectivity index is 2.50. The van der Waals surface area contributed by atoms with Gasteiger partial charge in [-0.2, -0.15) is 5.10 Å². The summed E-state index contributed by atoms with van der Waals surface area (Å²) in [6.07, 6.45) is 0.786. The molecule has 0 aliphatic carbocycles. The lowest BCUT2D eigenvalue weighted by Crippen LogP contribution is -2.09. The molecule has 0 saturated carbocycles. The predicted octanol–water partition coefficient (Wildman–Crippen LogP) is 2.91. The SMILES string of the molecule is Cc1ccc(-c2nn(CC(C)C)c(N)c2C=O)cc1. The van der Waals surface area contributed by atoms with Gasteiger partial charge in [-0.05, 0) is 12.8 Å². The third-order valence-corrected chi connectivity index (χ3v) is 3.01. The van der Waals surface area contributed by atoms with Crippen LogP contribution in [0.5, 0.6) is 0 Å². The van der Waals surface area contributed by atoms with Gasteiger partial charge in [-0.25, -0.2) is 4.68 Å². The molecule has 4 nitrogen and oxygen atoms in total. The fourth-order valence-electron chi connectivity index (χ4n) is 2.01. The monoisotopic (exact) mass is 257 g/mol. The van der Waals surface area contributed by atoms with Crippen molar-refractivity contribution in [2.75, 3.05) is 5.73 Å². The number of carbonyl (C=O) groups is 1. The molecule has 0 unspecified atom stereocenters. The summed E-state index contributed by atoms with van der Waals surface area (Å²) in [6.45, 7) is 6.91. The molecule has 100 valence electrons. The summed E-state index contributed by atoms with van der Waals surface area (Å²) in [6, 6.07) is 7.93. The van der Waals surface area contributed by atoms with Crippen LogP contribution in [-0.2, 0) is 6.54 Å². The highest BCUT2D eigenvalue weighted by atomic mass is 16.1. The first-order valence-corrected chi connectivity index (χ1v) is 6.41. The van der Waals surface area contributed by atoms with Crippen LogP contribution in [-0.4, -0.2) is 16.1 Å². The van der Waals surface area contributed by atoms with Crippen LogP contribution in [0.1, 0.15) is 29.8 Å². The first-order chi connectivity index (χ1) is 9.02. The molecule has 1 heterocycles. The summed E-state index contributed by atoms with van der Waals surface area (Å²) in [4.78, 5) is 11.3. The molecule has 1 aromatic heterocycles. The summed E-state index contributed by atoms with van der Waals surface area (Å²) in [5, 5.41) is 4.48. The van der Waals surface area contributed by atoms with Crippen molar-refractivity contribution in [3.8, 4) is 11.3 Å². The summed E-state index contributed by atoms with van der Waals surface area (Å²) in [5.74, 6) is 0.867. The number of benzene rings is 1. The van der Waals surface area contributed by atoms with Crippen LogP contribution in [0.25, 0.3) is 11.3 Å². The van der Waals surface area contributed by atoms with E-state index in [0.717, 1.165) is 11.8 Å². The summed E-state index contributed by atoms with van der Waals surface area (Å²) in [7, 11) is 0. The van der Waals surface area contributed by atoms with E-state index >= 15 is 0 Å². The van der Waals surface area contributed by atoms with Crippen molar-refractivity contribution >= 4 is 12.1 Å². The van der Waals surface area contributed by atoms with Crippen LogP contribution in [0.3, 0.4) is 0 Å². The number of aromatic nitrogens is 2. The fraction of sp³-hybridized carbons (Fsp3) is 0.333. The minimum absolute atomic E-state index is 0.424. The summed E-state index contributed by atoms with van der Waals surface area (Å²) >= 11 is 0. The predicted molar refractivity (Wildman–Crippen MR) is 77.0 cm³/mol. The Hall–Kier alpha value is -2.10. The normalized spacial score (nSPS) is 10.9. The van der Waals surface area contributed by atoms with Crippen molar-refractivity contribution in [2.45, 2.75) is 27.3 Å². The van der Waals surface area contributed by atoms with E-state index in [4.69, 9.17) is 5.73 Å². The van der Waals surface area contributed by atoms with Crippen molar-refractivity contribution in [2.24, 2.45) is 5.92 Å². The van der Waals surface area contributed by atoms with Gasteiger partial charge in [0.15, 0.2) is 6.29 Å². The highest BCUT2D eigenvalue weighted by Gasteiger charge is 2.16. The minimum Gasteiger partial charge on any atom is -0.383 e. The number of nitrogen functional groups attached to an aromatic ring is 1. The molecular formula is C15H19N3O. The Labute approximate surface area is 113 Å². The van der Waals surface area contributed by atoms with Gasteiger partial charge >= 0.3 is 0 Å². The van der Waals surface area contributed by atoms with Crippen LogP contribution in [0, 0.1) is 12.8 Å². The number of carbonyl (C=O) groups excluding carboxylic acids is 1. The van der Waals surface area contributed by atoms with Gasteiger partial charge in [0, 0.05) is 12.1 Å². The van der Waals surface area contributed by atoms with E-state index in [-0.39, 0.29) is 0 Å². The largest absolute Gasteiger partial charge is 0.383 e. The molecule has 1 aromatic carbocycles. The molecule has 2 aromatic rings. The van der Waals surface area contributed by atoms with Crippen LogP contribution in [0.4, 0.5) is 5.82 Å². The number of hydrogen-bond acceptors (Lipinski definition) is 3. The molecule has 4 heteroatoms. The van der Waals surface area contributed by atoms with Crippen LogP contribution < -0.4 is 5.73 Å².